The number of hydrogen-bond donors (Lipinski definition) is 1. The first kappa shape index (κ1) is 12.5. The minimum absolute atomic E-state index is 0.141. The lowest BCUT2D eigenvalue weighted by molar-refractivity contribution is -0.140. The SMILES string of the molecule is COCC1(C(=O)NCCc2nccs2)CCC1. The molecule has 1 saturated carbocycles. The summed E-state index contributed by atoms with van der Waals surface area (Å²) in [6, 6.07) is 0. The van der Waals surface area contributed by atoms with E-state index >= 15 is 0 Å². The summed E-state index contributed by atoms with van der Waals surface area (Å²) < 4.78 is 5.15. The third kappa shape index (κ3) is 2.84. The standard InChI is InChI=1S/C12H18N2O2S/c1-16-9-12(4-2-5-12)11(15)14-6-3-10-13-7-8-17-10/h7-8H,2-6,9H2,1H3,(H,14,15). The highest BCUT2D eigenvalue weighted by molar-refractivity contribution is 7.09. The normalized spacial score (nSPS) is 17.5. The van der Waals surface area contributed by atoms with E-state index in [9.17, 15) is 4.79 Å². The summed E-state index contributed by atoms with van der Waals surface area (Å²) in [6.07, 6.45) is 5.63. The monoisotopic (exact) mass is 254 g/mol. The Kier molecular flexibility index (Phi) is 4.12. The van der Waals surface area contributed by atoms with Gasteiger partial charge in [-0.3, -0.25) is 4.79 Å². The molecular formula is C12H18N2O2S. The molecular weight excluding hydrogens is 236 g/mol. The number of thiazole rings is 1. The lowest BCUT2D eigenvalue weighted by Gasteiger charge is -2.39. The van der Waals surface area contributed by atoms with Crippen LogP contribution in [0.25, 0.3) is 0 Å². The quantitative estimate of drug-likeness (QED) is 0.839. The van der Waals surface area contributed by atoms with Gasteiger partial charge in [0, 0.05) is 31.7 Å². The van der Waals surface area contributed by atoms with Crippen LogP contribution in [0.1, 0.15) is 24.3 Å². The molecule has 1 fully saturated rings. The zero-order valence-electron chi connectivity index (χ0n) is 10.1. The van der Waals surface area contributed by atoms with Gasteiger partial charge in [-0.2, -0.15) is 0 Å². The molecule has 0 spiro atoms. The highest BCUT2D eigenvalue weighted by Gasteiger charge is 2.43. The van der Waals surface area contributed by atoms with Crippen molar-refractivity contribution in [2.24, 2.45) is 5.41 Å². The number of aromatic nitrogens is 1. The van der Waals surface area contributed by atoms with E-state index in [1.54, 1.807) is 24.6 Å². The molecule has 1 aliphatic carbocycles. The predicted octanol–water partition coefficient (Wildman–Crippen LogP) is 1.62. The zero-order chi connectivity index (χ0) is 12.1. The van der Waals surface area contributed by atoms with Crippen LogP contribution >= 0.6 is 11.3 Å². The van der Waals surface area contributed by atoms with Crippen LogP contribution < -0.4 is 5.32 Å². The molecule has 0 bridgehead atoms. The van der Waals surface area contributed by atoms with Crippen LogP contribution in [-0.2, 0) is 16.0 Å². The van der Waals surface area contributed by atoms with Crippen LogP contribution in [0.3, 0.4) is 0 Å². The van der Waals surface area contributed by atoms with Crippen molar-refractivity contribution in [3.05, 3.63) is 16.6 Å². The molecule has 4 nitrogen and oxygen atoms in total. The van der Waals surface area contributed by atoms with Crippen molar-refractivity contribution >= 4 is 17.2 Å². The summed E-state index contributed by atoms with van der Waals surface area (Å²) >= 11 is 1.62. The molecule has 1 amide bonds. The number of carbonyl (C=O) groups excluding carboxylic acids is 1. The van der Waals surface area contributed by atoms with Gasteiger partial charge >= 0.3 is 0 Å². The van der Waals surface area contributed by atoms with Crippen molar-refractivity contribution in [2.75, 3.05) is 20.3 Å². The van der Waals surface area contributed by atoms with E-state index in [-0.39, 0.29) is 11.3 Å². The molecule has 17 heavy (non-hydrogen) atoms. The van der Waals surface area contributed by atoms with Gasteiger partial charge in [0.2, 0.25) is 5.91 Å². The summed E-state index contributed by atoms with van der Waals surface area (Å²) in [7, 11) is 1.66. The number of hydrogen-bond acceptors (Lipinski definition) is 4. The molecule has 0 unspecified atom stereocenters. The van der Waals surface area contributed by atoms with Crippen molar-refractivity contribution in [1.82, 2.24) is 10.3 Å². The highest BCUT2D eigenvalue weighted by atomic mass is 32.1. The van der Waals surface area contributed by atoms with E-state index in [1.807, 2.05) is 5.38 Å². The Bertz CT molecular complexity index is 361. The van der Waals surface area contributed by atoms with E-state index in [1.165, 1.54) is 0 Å². The molecule has 1 aromatic rings. The third-order valence-corrected chi connectivity index (χ3v) is 4.16. The molecule has 0 saturated heterocycles. The minimum Gasteiger partial charge on any atom is -0.384 e. The number of nitrogens with one attached hydrogen (secondary N) is 1. The first-order valence-corrected chi connectivity index (χ1v) is 6.80. The second-order valence-electron chi connectivity index (χ2n) is 4.50. The van der Waals surface area contributed by atoms with Crippen molar-refractivity contribution in [1.29, 1.82) is 0 Å². The van der Waals surface area contributed by atoms with Gasteiger partial charge in [0.25, 0.3) is 0 Å². The van der Waals surface area contributed by atoms with Crippen LogP contribution in [0.4, 0.5) is 0 Å². The number of amides is 1. The molecule has 1 heterocycles. The van der Waals surface area contributed by atoms with E-state index in [2.05, 4.69) is 10.3 Å². The van der Waals surface area contributed by atoms with Crippen LogP contribution in [-0.4, -0.2) is 31.2 Å². The van der Waals surface area contributed by atoms with Gasteiger partial charge in [-0.05, 0) is 12.8 Å². The Labute approximate surface area is 105 Å². The minimum atomic E-state index is -0.252. The number of ether oxygens (including phenoxy) is 1. The maximum Gasteiger partial charge on any atom is 0.228 e. The highest BCUT2D eigenvalue weighted by Crippen LogP contribution is 2.41. The molecule has 0 aromatic carbocycles. The van der Waals surface area contributed by atoms with Crippen LogP contribution in [0.5, 0.6) is 0 Å². The first-order valence-electron chi connectivity index (χ1n) is 5.92. The summed E-state index contributed by atoms with van der Waals surface area (Å²) in [5.74, 6) is 0.141. The lowest BCUT2D eigenvalue weighted by atomic mass is 9.68. The van der Waals surface area contributed by atoms with Gasteiger partial charge in [-0.15, -0.1) is 11.3 Å². The molecule has 2 rings (SSSR count). The number of methoxy groups -OCH3 is 1. The van der Waals surface area contributed by atoms with Crippen molar-refractivity contribution < 1.29 is 9.53 Å². The lowest BCUT2D eigenvalue weighted by Crippen LogP contribution is -2.49. The maximum atomic E-state index is 12.1. The fraction of sp³-hybridized carbons (Fsp3) is 0.667. The van der Waals surface area contributed by atoms with Gasteiger partial charge in [0.15, 0.2) is 0 Å². The molecule has 0 aliphatic heterocycles. The fourth-order valence-corrected chi connectivity index (χ4v) is 2.78. The fourth-order valence-electron chi connectivity index (χ4n) is 2.16. The summed E-state index contributed by atoms with van der Waals surface area (Å²) in [6.45, 7) is 1.20. The van der Waals surface area contributed by atoms with Gasteiger partial charge in [-0.25, -0.2) is 4.98 Å². The molecule has 1 aromatic heterocycles. The average molecular weight is 254 g/mol. The number of nitrogens with zero attached hydrogens (tertiary/aromatic N) is 1. The van der Waals surface area contributed by atoms with Crippen LogP contribution in [0, 0.1) is 5.41 Å². The predicted molar refractivity (Wildman–Crippen MR) is 67.0 cm³/mol. The third-order valence-electron chi connectivity index (χ3n) is 3.32. The van der Waals surface area contributed by atoms with Gasteiger partial charge < -0.3 is 10.1 Å². The second kappa shape index (κ2) is 5.60. The van der Waals surface area contributed by atoms with Crippen molar-refractivity contribution in [2.45, 2.75) is 25.7 Å². The molecule has 0 atom stereocenters. The molecule has 5 heteroatoms. The smallest absolute Gasteiger partial charge is 0.228 e. The van der Waals surface area contributed by atoms with Gasteiger partial charge in [0.05, 0.1) is 17.0 Å². The molecule has 1 N–H and O–H groups in total. The van der Waals surface area contributed by atoms with Crippen LogP contribution in [0.2, 0.25) is 0 Å². The summed E-state index contributed by atoms with van der Waals surface area (Å²) in [5, 5.41) is 6.02. The number of rotatable bonds is 6. The van der Waals surface area contributed by atoms with E-state index in [4.69, 9.17) is 4.74 Å². The summed E-state index contributed by atoms with van der Waals surface area (Å²) in [4.78, 5) is 16.2. The maximum absolute atomic E-state index is 12.1. The topological polar surface area (TPSA) is 51.2 Å². The van der Waals surface area contributed by atoms with E-state index in [0.717, 1.165) is 30.7 Å². The Morgan fingerprint density at radius 3 is 3.00 bits per heavy atom. The Balaban J connectivity index is 1.76. The Hall–Kier alpha value is -0.940. The summed E-state index contributed by atoms with van der Waals surface area (Å²) in [5.41, 5.74) is -0.252. The van der Waals surface area contributed by atoms with Gasteiger partial charge in [0.1, 0.15) is 0 Å². The van der Waals surface area contributed by atoms with E-state index in [0.29, 0.717) is 13.2 Å². The number of carbonyl (C=O) groups is 1. The Morgan fingerprint density at radius 1 is 1.65 bits per heavy atom. The van der Waals surface area contributed by atoms with E-state index < -0.39 is 0 Å². The van der Waals surface area contributed by atoms with Crippen molar-refractivity contribution in [3.63, 3.8) is 0 Å². The van der Waals surface area contributed by atoms with Gasteiger partial charge in [-0.1, -0.05) is 6.42 Å². The molecule has 0 radical (unpaired) electrons. The largest absolute Gasteiger partial charge is 0.384 e. The zero-order valence-corrected chi connectivity index (χ0v) is 10.9. The van der Waals surface area contributed by atoms with Crippen LogP contribution in [0.15, 0.2) is 11.6 Å². The average Bonchev–Trinajstić information content (AvgIpc) is 2.76. The molecule has 94 valence electrons. The first-order chi connectivity index (χ1) is 8.27. The van der Waals surface area contributed by atoms with Crippen molar-refractivity contribution in [3.8, 4) is 0 Å². The second-order valence-corrected chi connectivity index (χ2v) is 5.48. The molecule has 1 aliphatic rings. The Morgan fingerprint density at radius 2 is 2.47 bits per heavy atom.